The summed E-state index contributed by atoms with van der Waals surface area (Å²) in [6.45, 7) is 4.67. The first-order chi connectivity index (χ1) is 11.6. The minimum atomic E-state index is -0.206. The van der Waals surface area contributed by atoms with Crippen molar-refractivity contribution in [2.24, 2.45) is 0 Å². The van der Waals surface area contributed by atoms with Gasteiger partial charge in [0.15, 0.2) is 0 Å². The molecule has 0 atom stereocenters. The van der Waals surface area contributed by atoms with E-state index in [-0.39, 0.29) is 6.03 Å². The van der Waals surface area contributed by atoms with E-state index in [1.807, 2.05) is 37.3 Å². The average molecular weight is 326 g/mol. The van der Waals surface area contributed by atoms with Gasteiger partial charge in [0.2, 0.25) is 0 Å². The van der Waals surface area contributed by atoms with Crippen molar-refractivity contribution in [3.63, 3.8) is 0 Å². The molecular formula is C20H26N2O2. The van der Waals surface area contributed by atoms with Gasteiger partial charge >= 0.3 is 6.03 Å². The maximum atomic E-state index is 12.1. The number of carbonyl (C=O) groups excluding carboxylic acids is 1. The number of methoxy groups -OCH3 is 1. The molecule has 4 nitrogen and oxygen atoms in total. The molecule has 0 aromatic heterocycles. The van der Waals surface area contributed by atoms with Crippen molar-refractivity contribution in [2.75, 3.05) is 12.4 Å². The number of amides is 2. The maximum absolute atomic E-state index is 12.1. The summed E-state index contributed by atoms with van der Waals surface area (Å²) in [6.07, 6.45) is 3.46. The summed E-state index contributed by atoms with van der Waals surface area (Å²) >= 11 is 0. The maximum Gasteiger partial charge on any atom is 0.319 e. The molecule has 2 rings (SSSR count). The van der Waals surface area contributed by atoms with Crippen molar-refractivity contribution in [1.29, 1.82) is 0 Å². The van der Waals surface area contributed by atoms with Gasteiger partial charge in [-0.2, -0.15) is 0 Å². The lowest BCUT2D eigenvalue weighted by molar-refractivity contribution is 0.251. The van der Waals surface area contributed by atoms with Crippen LogP contribution in [0.15, 0.2) is 42.5 Å². The molecule has 2 aromatic rings. The number of benzene rings is 2. The lowest BCUT2D eigenvalue weighted by Crippen LogP contribution is -2.28. The summed E-state index contributed by atoms with van der Waals surface area (Å²) in [4.78, 5) is 12.1. The Balaban J connectivity index is 1.89. The third-order valence-electron chi connectivity index (χ3n) is 3.95. The predicted molar refractivity (Wildman–Crippen MR) is 98.6 cm³/mol. The molecule has 0 bridgehead atoms. The molecule has 0 radical (unpaired) electrons. The number of rotatable bonds is 7. The molecule has 0 fully saturated rings. The van der Waals surface area contributed by atoms with Crippen LogP contribution in [0.4, 0.5) is 10.5 Å². The van der Waals surface area contributed by atoms with Crippen LogP contribution in [0, 0.1) is 6.92 Å². The van der Waals surface area contributed by atoms with Crippen molar-refractivity contribution in [2.45, 2.75) is 39.7 Å². The Morgan fingerprint density at radius 1 is 1.12 bits per heavy atom. The first-order valence-electron chi connectivity index (χ1n) is 8.39. The quantitative estimate of drug-likeness (QED) is 0.777. The van der Waals surface area contributed by atoms with Crippen LogP contribution in [0.1, 0.15) is 36.5 Å². The highest BCUT2D eigenvalue weighted by Crippen LogP contribution is 2.18. The highest BCUT2D eigenvalue weighted by atomic mass is 16.5. The second-order valence-electron chi connectivity index (χ2n) is 5.91. The first kappa shape index (κ1) is 17.9. The highest BCUT2D eigenvalue weighted by molar-refractivity contribution is 5.90. The van der Waals surface area contributed by atoms with E-state index < -0.39 is 0 Å². The van der Waals surface area contributed by atoms with Crippen LogP contribution >= 0.6 is 0 Å². The largest absolute Gasteiger partial charge is 0.497 e. The topological polar surface area (TPSA) is 50.4 Å². The Hall–Kier alpha value is -2.49. The summed E-state index contributed by atoms with van der Waals surface area (Å²) in [5.41, 5.74) is 4.24. The van der Waals surface area contributed by atoms with Gasteiger partial charge in [0, 0.05) is 12.2 Å². The molecule has 128 valence electrons. The zero-order valence-electron chi connectivity index (χ0n) is 14.7. The third-order valence-corrected chi connectivity index (χ3v) is 3.95. The molecule has 0 heterocycles. The second kappa shape index (κ2) is 8.96. The van der Waals surface area contributed by atoms with Gasteiger partial charge in [-0.1, -0.05) is 37.6 Å². The molecule has 0 spiro atoms. The zero-order valence-corrected chi connectivity index (χ0v) is 14.7. The van der Waals surface area contributed by atoms with Crippen LogP contribution in [0.2, 0.25) is 0 Å². The number of anilines is 1. The Morgan fingerprint density at radius 3 is 2.67 bits per heavy atom. The van der Waals surface area contributed by atoms with E-state index >= 15 is 0 Å². The Labute approximate surface area is 144 Å². The molecule has 0 saturated carbocycles. The van der Waals surface area contributed by atoms with Gasteiger partial charge in [-0.15, -0.1) is 0 Å². The molecule has 2 N–H and O–H groups in total. The molecular weight excluding hydrogens is 300 g/mol. The van der Waals surface area contributed by atoms with Crippen LogP contribution in [-0.2, 0) is 13.0 Å². The normalized spacial score (nSPS) is 10.3. The van der Waals surface area contributed by atoms with Gasteiger partial charge < -0.3 is 15.4 Å². The van der Waals surface area contributed by atoms with E-state index in [4.69, 9.17) is 4.74 Å². The van der Waals surface area contributed by atoms with Crippen LogP contribution in [-0.4, -0.2) is 13.1 Å². The van der Waals surface area contributed by atoms with Crippen molar-refractivity contribution in [3.8, 4) is 5.75 Å². The number of aryl methyl sites for hydroxylation is 2. The van der Waals surface area contributed by atoms with Crippen LogP contribution in [0.5, 0.6) is 5.75 Å². The van der Waals surface area contributed by atoms with E-state index in [2.05, 4.69) is 29.7 Å². The predicted octanol–water partition coefficient (Wildman–Crippen LogP) is 4.67. The minimum absolute atomic E-state index is 0.206. The number of hydrogen-bond acceptors (Lipinski definition) is 2. The Morgan fingerprint density at radius 2 is 1.96 bits per heavy atom. The smallest absolute Gasteiger partial charge is 0.319 e. The lowest BCUT2D eigenvalue weighted by Gasteiger charge is -2.12. The van der Waals surface area contributed by atoms with Crippen LogP contribution in [0.25, 0.3) is 0 Å². The standard InChI is InChI=1S/C20H26N2O2/c1-4-5-7-16-10-11-19(15(2)12-16)22-20(23)21-14-17-8-6-9-18(13-17)24-3/h6,8-13H,4-5,7,14H2,1-3H3,(H2,21,22,23). The molecule has 0 aliphatic carbocycles. The van der Waals surface area contributed by atoms with E-state index in [1.165, 1.54) is 18.4 Å². The fourth-order valence-corrected chi connectivity index (χ4v) is 2.53. The number of carbonyl (C=O) groups is 1. The molecule has 2 aromatic carbocycles. The number of urea groups is 1. The number of nitrogens with one attached hydrogen (secondary N) is 2. The van der Waals surface area contributed by atoms with Crippen molar-refractivity contribution >= 4 is 11.7 Å². The SMILES string of the molecule is CCCCc1ccc(NC(=O)NCc2cccc(OC)c2)c(C)c1. The molecule has 0 aliphatic heterocycles. The van der Waals surface area contributed by atoms with E-state index in [0.29, 0.717) is 6.54 Å². The fraction of sp³-hybridized carbons (Fsp3) is 0.350. The van der Waals surface area contributed by atoms with E-state index in [1.54, 1.807) is 7.11 Å². The summed E-state index contributed by atoms with van der Waals surface area (Å²) in [6, 6.07) is 13.7. The van der Waals surface area contributed by atoms with Gasteiger partial charge in [0.05, 0.1) is 7.11 Å². The van der Waals surface area contributed by atoms with Crippen molar-refractivity contribution in [3.05, 3.63) is 59.2 Å². The molecule has 4 heteroatoms. The molecule has 24 heavy (non-hydrogen) atoms. The Kier molecular flexibility index (Phi) is 6.67. The van der Waals surface area contributed by atoms with Crippen LogP contribution in [0.3, 0.4) is 0 Å². The highest BCUT2D eigenvalue weighted by Gasteiger charge is 2.05. The summed E-state index contributed by atoms with van der Waals surface area (Å²) < 4.78 is 5.18. The monoisotopic (exact) mass is 326 g/mol. The molecule has 0 saturated heterocycles. The van der Waals surface area contributed by atoms with E-state index in [9.17, 15) is 4.79 Å². The molecule has 0 aliphatic rings. The van der Waals surface area contributed by atoms with E-state index in [0.717, 1.165) is 29.0 Å². The number of ether oxygens (including phenoxy) is 1. The Bertz CT molecular complexity index is 683. The molecule has 2 amide bonds. The average Bonchev–Trinajstić information content (AvgIpc) is 2.60. The fourth-order valence-electron chi connectivity index (χ4n) is 2.53. The van der Waals surface area contributed by atoms with Gasteiger partial charge in [0.25, 0.3) is 0 Å². The van der Waals surface area contributed by atoms with Crippen molar-refractivity contribution < 1.29 is 9.53 Å². The van der Waals surface area contributed by atoms with Gasteiger partial charge in [0.1, 0.15) is 5.75 Å². The lowest BCUT2D eigenvalue weighted by atomic mass is 10.0. The summed E-state index contributed by atoms with van der Waals surface area (Å²) in [5, 5.41) is 5.78. The van der Waals surface area contributed by atoms with Gasteiger partial charge in [-0.25, -0.2) is 4.79 Å². The first-order valence-corrected chi connectivity index (χ1v) is 8.39. The van der Waals surface area contributed by atoms with Crippen molar-refractivity contribution in [1.82, 2.24) is 5.32 Å². The minimum Gasteiger partial charge on any atom is -0.497 e. The number of hydrogen-bond donors (Lipinski definition) is 2. The third kappa shape index (κ3) is 5.30. The second-order valence-corrected chi connectivity index (χ2v) is 5.91. The molecule has 0 unspecified atom stereocenters. The van der Waals surface area contributed by atoms with Crippen LogP contribution < -0.4 is 15.4 Å². The summed E-state index contributed by atoms with van der Waals surface area (Å²) in [5.74, 6) is 0.785. The summed E-state index contributed by atoms with van der Waals surface area (Å²) in [7, 11) is 1.63. The van der Waals surface area contributed by atoms with Gasteiger partial charge in [-0.05, 0) is 54.7 Å². The van der Waals surface area contributed by atoms with Gasteiger partial charge in [-0.3, -0.25) is 0 Å². The zero-order chi connectivity index (χ0) is 17.4. The number of unbranched alkanes of at least 4 members (excludes halogenated alkanes) is 1.